The van der Waals surface area contributed by atoms with Crippen molar-refractivity contribution in [3.63, 3.8) is 0 Å². The molecule has 0 rings (SSSR count). The van der Waals surface area contributed by atoms with E-state index in [-0.39, 0.29) is 0 Å². The van der Waals surface area contributed by atoms with E-state index in [0.717, 1.165) is 0 Å². The Kier molecular flexibility index (Phi) is 2.73. The maximum absolute atomic E-state index is 11.3. The molecule has 0 heterocycles. The van der Waals surface area contributed by atoms with Crippen molar-refractivity contribution in [2.45, 2.75) is 18.2 Å². The number of halogens is 7. The molecular formula is C3HF7ORf. The van der Waals surface area contributed by atoms with Gasteiger partial charge in [-0.25, -0.2) is 0 Å². The second-order valence-electron chi connectivity index (χ2n) is 1.61. The molecule has 0 saturated carbocycles. The smallest absolute Gasteiger partial charge is 0.331 e. The molecule has 0 aliphatic heterocycles. The van der Waals surface area contributed by atoms with Gasteiger partial charge in [-0.15, -0.1) is 0 Å². The molecule has 0 unspecified atom stereocenters. The molecule has 0 bridgehead atoms. The largest absolute Gasteiger partial charge is 0.462 e. The number of alkyl halides is 7. The fraction of sp³-hybridized carbons (Fsp3) is 1.00. The van der Waals surface area contributed by atoms with Crippen LogP contribution in [0.3, 0.4) is 0 Å². The summed E-state index contributed by atoms with van der Waals surface area (Å²) in [6.07, 6.45) is -12.5. The van der Waals surface area contributed by atoms with Gasteiger partial charge in [-0.2, -0.15) is 30.7 Å². The van der Waals surface area contributed by atoms with Crippen molar-refractivity contribution in [1.82, 2.24) is 0 Å². The molecular weight excluding hydrogens is 452 g/mol. The zero-order chi connectivity index (χ0) is 9.50. The van der Waals surface area contributed by atoms with Crippen LogP contribution in [0.15, 0.2) is 0 Å². The maximum atomic E-state index is 11.3. The molecule has 0 aromatic rings. The van der Waals surface area contributed by atoms with Crippen molar-refractivity contribution in [2.24, 2.45) is 0 Å². The first kappa shape index (κ1) is 13.1. The molecule has 0 fully saturated rings. The summed E-state index contributed by atoms with van der Waals surface area (Å²) in [5.41, 5.74) is 0. The molecule has 0 saturated heterocycles. The van der Waals surface area contributed by atoms with Crippen LogP contribution in [0.4, 0.5) is 30.7 Å². The predicted molar refractivity (Wildman–Crippen MR) is 18.2 cm³/mol. The molecule has 0 spiro atoms. The van der Waals surface area contributed by atoms with Crippen LogP contribution in [0.1, 0.15) is 0 Å². The summed E-state index contributed by atoms with van der Waals surface area (Å²) in [7, 11) is 0. The minimum absolute atomic E-state index is 0. The SMILES string of the molecule is OC(F)(F)C(F)(F)C(F)(F)F.[Rf]. The van der Waals surface area contributed by atoms with Gasteiger partial charge in [-0.3, -0.25) is 0 Å². The first-order chi connectivity index (χ1) is 4.50. The molecule has 0 aliphatic rings. The fourth-order valence-electron chi connectivity index (χ4n) is 0.171. The van der Waals surface area contributed by atoms with Crippen LogP contribution in [0, 0.1) is 0 Å². The Morgan fingerprint density at radius 3 is 1.00 bits per heavy atom. The molecule has 0 aromatic heterocycles. The minimum Gasteiger partial charge on any atom is -0.331 e. The van der Waals surface area contributed by atoms with Crippen molar-refractivity contribution in [2.75, 3.05) is 0 Å². The van der Waals surface area contributed by atoms with E-state index in [1.165, 1.54) is 0 Å². The molecule has 0 aliphatic carbocycles. The van der Waals surface area contributed by atoms with Crippen LogP contribution in [0.5, 0.6) is 0 Å². The van der Waals surface area contributed by atoms with Gasteiger partial charge in [0.2, 0.25) is 0 Å². The van der Waals surface area contributed by atoms with E-state index < -0.39 is 18.2 Å². The second-order valence-corrected chi connectivity index (χ2v) is 1.61. The van der Waals surface area contributed by atoms with Gasteiger partial charge in [0.15, 0.2) is 0 Å². The standard InChI is InChI=1S/C3HF7O.Rf/c4-1(5,2(6,7)8)3(9,10)11;/h11H;. The Labute approximate surface area is 55.4 Å². The third-order valence-corrected chi connectivity index (χ3v) is 0.734. The summed E-state index contributed by atoms with van der Waals surface area (Å²) in [5, 5.41) is 7.08. The predicted octanol–water partition coefficient (Wildman–Crippen LogP) is 1.77. The fourth-order valence-corrected chi connectivity index (χ4v) is 0.171. The van der Waals surface area contributed by atoms with Crippen LogP contribution in [0.25, 0.3) is 0 Å². The summed E-state index contributed by atoms with van der Waals surface area (Å²) in [4.78, 5) is 0. The topological polar surface area (TPSA) is 20.2 Å². The van der Waals surface area contributed by atoms with Crippen molar-refractivity contribution in [3.8, 4) is 0 Å². The van der Waals surface area contributed by atoms with Gasteiger partial charge in [-0.05, 0) is 0 Å². The van der Waals surface area contributed by atoms with Gasteiger partial charge in [0.25, 0.3) is 0 Å². The molecule has 70 valence electrons. The van der Waals surface area contributed by atoms with Crippen molar-refractivity contribution in [3.05, 3.63) is 0 Å². The summed E-state index contributed by atoms with van der Waals surface area (Å²) in [5.74, 6) is -6.40. The number of aliphatic hydroxyl groups is 1. The summed E-state index contributed by atoms with van der Waals surface area (Å²) in [6, 6.07) is 0. The third-order valence-electron chi connectivity index (χ3n) is 0.734. The van der Waals surface area contributed by atoms with Crippen molar-refractivity contribution in [1.29, 1.82) is 0 Å². The Bertz CT molecular complexity index is 130. The number of hydrogen-bond donors (Lipinski definition) is 1. The molecule has 1 N–H and O–H groups in total. The molecule has 0 amide bonds. The van der Waals surface area contributed by atoms with Gasteiger partial charge < -0.3 is 5.11 Å². The average molecular weight is 453 g/mol. The minimum atomic E-state index is -6.45. The average Bonchev–Trinajstić information content (AvgIpc) is 1.58. The second kappa shape index (κ2) is 2.50. The molecule has 0 radical (unpaired) electrons. The Morgan fingerprint density at radius 2 is 1.00 bits per heavy atom. The van der Waals surface area contributed by atoms with Crippen molar-refractivity contribution >= 4 is 0 Å². The van der Waals surface area contributed by atoms with E-state index in [0.29, 0.717) is 0 Å². The summed E-state index contributed by atoms with van der Waals surface area (Å²) in [6.45, 7) is 0. The van der Waals surface area contributed by atoms with E-state index in [1.54, 1.807) is 0 Å². The Balaban J connectivity index is 0. The Morgan fingerprint density at radius 1 is 0.750 bits per heavy atom. The van der Waals surface area contributed by atoms with Crippen LogP contribution in [-0.4, -0.2) is 23.3 Å². The molecule has 0 atom stereocenters. The quantitative estimate of drug-likeness (QED) is 0.601. The first-order valence-corrected chi connectivity index (χ1v) is 2.05. The monoisotopic (exact) mass is 453 g/mol. The van der Waals surface area contributed by atoms with E-state index in [2.05, 4.69) is 0 Å². The van der Waals surface area contributed by atoms with Gasteiger partial charge in [0.1, 0.15) is 0 Å². The Hall–Kier alpha value is -1.53. The van der Waals surface area contributed by atoms with E-state index >= 15 is 0 Å². The summed E-state index contributed by atoms with van der Waals surface area (Å²) < 4.78 is 77.6. The summed E-state index contributed by atoms with van der Waals surface area (Å²) >= 11 is 0. The molecule has 0 aromatic carbocycles. The van der Waals surface area contributed by atoms with Gasteiger partial charge in [0, 0.05) is 0 Å². The molecule has 1 nitrogen and oxygen atoms in total. The van der Waals surface area contributed by atoms with Crippen molar-refractivity contribution < 1.29 is 35.8 Å². The third kappa shape index (κ3) is 1.74. The van der Waals surface area contributed by atoms with Crippen LogP contribution < -0.4 is 0 Å². The van der Waals surface area contributed by atoms with Gasteiger partial charge in [-0.1, -0.05) is 0 Å². The normalized spacial score (nSPS) is 14.0. The van der Waals surface area contributed by atoms with Crippen LogP contribution >= 0.6 is 0 Å². The number of hydrogen-bond acceptors (Lipinski definition) is 1. The van der Waals surface area contributed by atoms with E-state index in [4.69, 9.17) is 5.11 Å². The zero-order valence-corrected chi connectivity index (χ0v) is 11.7. The zero-order valence-electron chi connectivity index (χ0n) is 5.30. The molecule has 9 heteroatoms. The maximum Gasteiger partial charge on any atom is 0.462 e. The van der Waals surface area contributed by atoms with E-state index in [1.807, 2.05) is 0 Å². The number of rotatable bonds is 1. The van der Waals surface area contributed by atoms with Gasteiger partial charge in [0.05, 0.1) is 0 Å². The van der Waals surface area contributed by atoms with Crippen LogP contribution in [-0.2, 0) is 0 Å². The van der Waals surface area contributed by atoms with E-state index in [9.17, 15) is 30.7 Å². The van der Waals surface area contributed by atoms with Gasteiger partial charge >= 0.3 is 18.2 Å². The first-order valence-electron chi connectivity index (χ1n) is 2.05. The molecule has 12 heavy (non-hydrogen) atoms. The van der Waals surface area contributed by atoms with Crippen LogP contribution in [0.2, 0.25) is 0 Å².